The van der Waals surface area contributed by atoms with Crippen molar-refractivity contribution in [2.24, 2.45) is 5.92 Å². The summed E-state index contributed by atoms with van der Waals surface area (Å²) in [6.07, 6.45) is 4.67. The molecular weight excluding hydrogens is 307 g/mol. The summed E-state index contributed by atoms with van der Waals surface area (Å²) < 4.78 is 14.2. The van der Waals surface area contributed by atoms with Crippen LogP contribution in [0, 0.1) is 11.7 Å². The average molecular weight is 334 g/mol. The van der Waals surface area contributed by atoms with Crippen molar-refractivity contribution in [3.63, 3.8) is 0 Å². The Hall–Kier alpha value is -1.69. The Labute approximate surface area is 143 Å². The van der Waals surface area contributed by atoms with Gasteiger partial charge in [-0.2, -0.15) is 0 Å². The van der Waals surface area contributed by atoms with E-state index < -0.39 is 0 Å². The Morgan fingerprint density at radius 2 is 2.00 bits per heavy atom. The van der Waals surface area contributed by atoms with Crippen LogP contribution >= 0.6 is 0 Å². The number of hydrogen-bond acceptors (Lipinski definition) is 4. The van der Waals surface area contributed by atoms with E-state index in [-0.39, 0.29) is 17.4 Å². The molecule has 1 aromatic rings. The van der Waals surface area contributed by atoms with Crippen molar-refractivity contribution in [3.05, 3.63) is 23.6 Å². The van der Waals surface area contributed by atoms with Crippen LogP contribution in [0.1, 0.15) is 43.1 Å². The maximum absolute atomic E-state index is 14.2. The highest BCUT2D eigenvalue weighted by atomic mass is 19.1. The van der Waals surface area contributed by atoms with Crippen LogP contribution in [0.4, 0.5) is 10.2 Å². The van der Waals surface area contributed by atoms with Crippen LogP contribution in [0.15, 0.2) is 12.1 Å². The number of hydrogen-bond donors (Lipinski definition) is 1. The van der Waals surface area contributed by atoms with E-state index in [0.29, 0.717) is 11.9 Å². The second-order valence-electron chi connectivity index (χ2n) is 7.04. The third-order valence-corrected chi connectivity index (χ3v) is 5.26. The van der Waals surface area contributed by atoms with E-state index in [0.717, 1.165) is 31.8 Å². The number of carbonyl (C=O) groups is 1. The van der Waals surface area contributed by atoms with E-state index in [1.165, 1.54) is 38.1 Å². The van der Waals surface area contributed by atoms with Crippen molar-refractivity contribution < 1.29 is 9.18 Å². The standard InChI is InChI=1S/C18H27FN4O/c1-13-4-3-9-23(12-13)14-7-10-22(11-8-14)17-15(19)5-6-16(21-17)18(24)20-2/h5-6,13-14H,3-4,7-12H2,1-2H3,(H,20,24). The molecule has 2 aliphatic heterocycles. The fraction of sp³-hybridized carbons (Fsp3) is 0.667. The first kappa shape index (κ1) is 17.1. The lowest BCUT2D eigenvalue weighted by Gasteiger charge is -2.42. The molecule has 0 spiro atoms. The summed E-state index contributed by atoms with van der Waals surface area (Å²) >= 11 is 0. The van der Waals surface area contributed by atoms with Gasteiger partial charge in [0.15, 0.2) is 11.6 Å². The van der Waals surface area contributed by atoms with Crippen LogP contribution in [0.25, 0.3) is 0 Å². The molecule has 0 saturated carbocycles. The van der Waals surface area contributed by atoms with E-state index in [1.807, 2.05) is 4.90 Å². The number of likely N-dealkylation sites (tertiary alicyclic amines) is 1. The van der Waals surface area contributed by atoms with Gasteiger partial charge < -0.3 is 10.2 Å². The average Bonchev–Trinajstić information content (AvgIpc) is 2.61. The molecule has 1 N–H and O–H groups in total. The first-order chi connectivity index (χ1) is 11.6. The van der Waals surface area contributed by atoms with Crippen molar-refractivity contribution in [2.75, 3.05) is 38.1 Å². The van der Waals surface area contributed by atoms with Gasteiger partial charge in [-0.3, -0.25) is 9.69 Å². The van der Waals surface area contributed by atoms with Crippen LogP contribution in [-0.4, -0.2) is 55.1 Å². The highest BCUT2D eigenvalue weighted by Gasteiger charge is 2.29. The molecule has 2 fully saturated rings. The molecule has 132 valence electrons. The van der Waals surface area contributed by atoms with Crippen LogP contribution in [0.3, 0.4) is 0 Å². The van der Waals surface area contributed by atoms with Gasteiger partial charge in [0.1, 0.15) is 5.69 Å². The van der Waals surface area contributed by atoms with Crippen LogP contribution in [-0.2, 0) is 0 Å². The van der Waals surface area contributed by atoms with E-state index in [9.17, 15) is 9.18 Å². The minimum atomic E-state index is -0.354. The summed E-state index contributed by atoms with van der Waals surface area (Å²) in [5.41, 5.74) is 0.265. The topological polar surface area (TPSA) is 48.5 Å². The summed E-state index contributed by atoms with van der Waals surface area (Å²) in [6.45, 7) is 6.27. The number of nitrogens with one attached hydrogen (secondary N) is 1. The lowest BCUT2D eigenvalue weighted by atomic mass is 9.95. The number of anilines is 1. The Morgan fingerprint density at radius 1 is 1.25 bits per heavy atom. The summed E-state index contributed by atoms with van der Waals surface area (Å²) in [6, 6.07) is 3.36. The molecule has 1 amide bonds. The minimum Gasteiger partial charge on any atom is -0.354 e. The summed E-state index contributed by atoms with van der Waals surface area (Å²) in [4.78, 5) is 20.6. The lowest BCUT2D eigenvalue weighted by Crippen LogP contribution is -2.48. The van der Waals surface area contributed by atoms with Crippen molar-refractivity contribution in [1.29, 1.82) is 0 Å². The van der Waals surface area contributed by atoms with Gasteiger partial charge in [0.2, 0.25) is 0 Å². The van der Waals surface area contributed by atoms with Crippen LogP contribution in [0.2, 0.25) is 0 Å². The van der Waals surface area contributed by atoms with E-state index >= 15 is 0 Å². The summed E-state index contributed by atoms with van der Waals surface area (Å²) in [5.74, 6) is 0.447. The zero-order valence-electron chi connectivity index (χ0n) is 14.6. The normalized spacial score (nSPS) is 23.3. The fourth-order valence-corrected chi connectivity index (χ4v) is 3.91. The zero-order chi connectivity index (χ0) is 17.1. The monoisotopic (exact) mass is 334 g/mol. The molecule has 2 saturated heterocycles. The first-order valence-corrected chi connectivity index (χ1v) is 8.96. The SMILES string of the molecule is CNC(=O)c1ccc(F)c(N2CCC(N3CCCC(C)C3)CC2)n1. The number of rotatable bonds is 3. The number of halogens is 1. The van der Waals surface area contributed by atoms with Crippen molar-refractivity contribution in [2.45, 2.75) is 38.6 Å². The second kappa shape index (κ2) is 7.47. The number of pyridine rings is 1. The quantitative estimate of drug-likeness (QED) is 0.921. The molecule has 24 heavy (non-hydrogen) atoms. The molecule has 6 heteroatoms. The molecule has 3 rings (SSSR count). The molecule has 1 unspecified atom stereocenters. The molecule has 0 aliphatic carbocycles. The van der Waals surface area contributed by atoms with Crippen LogP contribution < -0.4 is 10.2 Å². The van der Waals surface area contributed by atoms with Gasteiger partial charge >= 0.3 is 0 Å². The molecule has 2 aliphatic rings. The Balaban J connectivity index is 1.65. The molecule has 0 aromatic carbocycles. The number of piperidine rings is 2. The Morgan fingerprint density at radius 3 is 2.67 bits per heavy atom. The number of carbonyl (C=O) groups excluding carboxylic acids is 1. The van der Waals surface area contributed by atoms with Gasteiger partial charge in [0, 0.05) is 32.7 Å². The molecule has 3 heterocycles. The van der Waals surface area contributed by atoms with Crippen LogP contribution in [0.5, 0.6) is 0 Å². The molecule has 1 atom stereocenters. The first-order valence-electron chi connectivity index (χ1n) is 8.96. The Bertz CT molecular complexity index is 586. The van der Waals surface area contributed by atoms with E-state index in [1.54, 1.807) is 7.05 Å². The van der Waals surface area contributed by atoms with E-state index in [4.69, 9.17) is 0 Å². The van der Waals surface area contributed by atoms with E-state index in [2.05, 4.69) is 22.1 Å². The summed E-state index contributed by atoms with van der Waals surface area (Å²) in [5, 5.41) is 2.54. The largest absolute Gasteiger partial charge is 0.354 e. The predicted octanol–water partition coefficient (Wildman–Crippen LogP) is 2.28. The lowest BCUT2D eigenvalue weighted by molar-refractivity contribution is 0.0958. The third kappa shape index (κ3) is 3.69. The maximum atomic E-state index is 14.2. The number of nitrogens with zero attached hydrogens (tertiary/aromatic N) is 3. The maximum Gasteiger partial charge on any atom is 0.269 e. The molecule has 1 aromatic heterocycles. The van der Waals surface area contributed by atoms with Gasteiger partial charge in [-0.05, 0) is 50.3 Å². The molecular formula is C18H27FN4O. The minimum absolute atomic E-state index is 0.265. The van der Waals surface area contributed by atoms with Crippen molar-refractivity contribution in [1.82, 2.24) is 15.2 Å². The Kier molecular flexibility index (Phi) is 5.33. The zero-order valence-corrected chi connectivity index (χ0v) is 14.6. The molecule has 0 bridgehead atoms. The predicted molar refractivity (Wildman–Crippen MR) is 92.8 cm³/mol. The molecule has 0 radical (unpaired) electrons. The van der Waals surface area contributed by atoms with Crippen molar-refractivity contribution >= 4 is 11.7 Å². The number of amides is 1. The highest BCUT2D eigenvalue weighted by Crippen LogP contribution is 2.26. The third-order valence-electron chi connectivity index (χ3n) is 5.26. The van der Waals surface area contributed by atoms with Gasteiger partial charge in [0.25, 0.3) is 5.91 Å². The van der Waals surface area contributed by atoms with Gasteiger partial charge in [-0.1, -0.05) is 6.92 Å². The second-order valence-corrected chi connectivity index (χ2v) is 7.04. The van der Waals surface area contributed by atoms with Crippen molar-refractivity contribution in [3.8, 4) is 0 Å². The van der Waals surface area contributed by atoms with Gasteiger partial charge in [-0.25, -0.2) is 9.37 Å². The summed E-state index contributed by atoms with van der Waals surface area (Å²) in [7, 11) is 1.55. The highest BCUT2D eigenvalue weighted by molar-refractivity contribution is 5.92. The number of aromatic nitrogens is 1. The van der Waals surface area contributed by atoms with Gasteiger partial charge in [-0.15, -0.1) is 0 Å². The molecule has 5 nitrogen and oxygen atoms in total. The van der Waals surface area contributed by atoms with Gasteiger partial charge in [0.05, 0.1) is 0 Å². The fourth-order valence-electron chi connectivity index (χ4n) is 3.91. The smallest absolute Gasteiger partial charge is 0.269 e.